The van der Waals surface area contributed by atoms with Crippen LogP contribution in [0.25, 0.3) is 0 Å². The number of hydrogen-bond acceptors (Lipinski definition) is 4. The predicted octanol–water partition coefficient (Wildman–Crippen LogP) is 1.64. The van der Waals surface area contributed by atoms with E-state index in [0.29, 0.717) is 19.3 Å². The van der Waals surface area contributed by atoms with Crippen molar-refractivity contribution in [2.45, 2.75) is 63.7 Å². The first kappa shape index (κ1) is 18.0. The van der Waals surface area contributed by atoms with E-state index in [2.05, 4.69) is 17.6 Å². The highest BCUT2D eigenvalue weighted by Crippen LogP contribution is 2.53. The highest BCUT2D eigenvalue weighted by molar-refractivity contribution is 5.85. The molecule has 0 aromatic rings. The zero-order chi connectivity index (χ0) is 14.7. The summed E-state index contributed by atoms with van der Waals surface area (Å²) < 4.78 is 11.5. The van der Waals surface area contributed by atoms with Crippen LogP contribution in [-0.2, 0) is 14.3 Å². The number of hydrogen-bond donors (Lipinski definition) is 2. The van der Waals surface area contributed by atoms with Gasteiger partial charge in [-0.05, 0) is 26.2 Å². The molecule has 3 atom stereocenters. The van der Waals surface area contributed by atoms with Gasteiger partial charge in [0.2, 0.25) is 0 Å². The largest absolute Gasteiger partial charge is 0.378 e. The summed E-state index contributed by atoms with van der Waals surface area (Å²) in [6.45, 7) is 4.91. The average molecular weight is 333 g/mol. The van der Waals surface area contributed by atoms with Gasteiger partial charge in [0.15, 0.2) is 0 Å². The third-order valence-corrected chi connectivity index (χ3v) is 5.47. The third-order valence-electron chi connectivity index (χ3n) is 5.47. The first-order chi connectivity index (χ1) is 10.3. The fourth-order valence-corrected chi connectivity index (χ4v) is 4.26. The second-order valence-electron chi connectivity index (χ2n) is 6.60. The van der Waals surface area contributed by atoms with Gasteiger partial charge in [0, 0.05) is 31.2 Å². The molecule has 0 radical (unpaired) electrons. The maximum Gasteiger partial charge on any atom is 0.250 e. The van der Waals surface area contributed by atoms with E-state index in [-0.39, 0.29) is 35.9 Å². The number of ether oxygens (including phenoxy) is 2. The highest BCUT2D eigenvalue weighted by atomic mass is 35.5. The topological polar surface area (TPSA) is 59.6 Å². The Labute approximate surface area is 139 Å². The first-order valence-corrected chi connectivity index (χ1v) is 8.50. The van der Waals surface area contributed by atoms with Crippen LogP contribution in [0.3, 0.4) is 0 Å². The lowest BCUT2D eigenvalue weighted by Crippen LogP contribution is -2.67. The molecule has 0 aromatic carbocycles. The van der Waals surface area contributed by atoms with Crippen LogP contribution in [0.4, 0.5) is 0 Å². The van der Waals surface area contributed by atoms with Crippen molar-refractivity contribution in [3.05, 3.63) is 0 Å². The summed E-state index contributed by atoms with van der Waals surface area (Å²) in [4.78, 5) is 12.4. The van der Waals surface area contributed by atoms with Crippen LogP contribution in [0.15, 0.2) is 0 Å². The molecule has 1 amide bonds. The Kier molecular flexibility index (Phi) is 6.50. The van der Waals surface area contributed by atoms with Crippen molar-refractivity contribution >= 4 is 18.3 Å². The van der Waals surface area contributed by atoms with Gasteiger partial charge in [-0.3, -0.25) is 4.79 Å². The molecule has 1 saturated heterocycles. The van der Waals surface area contributed by atoms with E-state index in [9.17, 15) is 4.79 Å². The minimum Gasteiger partial charge on any atom is -0.378 e. The highest BCUT2D eigenvalue weighted by Gasteiger charge is 2.56. The van der Waals surface area contributed by atoms with E-state index in [1.807, 2.05) is 0 Å². The summed E-state index contributed by atoms with van der Waals surface area (Å²) in [7, 11) is 0. The van der Waals surface area contributed by atoms with Gasteiger partial charge in [0.05, 0.1) is 12.7 Å². The number of carbonyl (C=O) groups is 1. The van der Waals surface area contributed by atoms with Crippen molar-refractivity contribution in [2.75, 3.05) is 26.3 Å². The van der Waals surface area contributed by atoms with Crippen LogP contribution in [0.5, 0.6) is 0 Å². The van der Waals surface area contributed by atoms with Gasteiger partial charge in [-0.25, -0.2) is 0 Å². The second-order valence-corrected chi connectivity index (χ2v) is 6.60. The van der Waals surface area contributed by atoms with Crippen LogP contribution in [-0.4, -0.2) is 50.5 Å². The summed E-state index contributed by atoms with van der Waals surface area (Å²) in [6.07, 6.45) is 7.17. The average Bonchev–Trinajstić information content (AvgIpc) is 2.55. The Balaban J connectivity index is 0.00000176. The standard InChI is InChI=1S/C16H28N2O3.ClH/c1-2-20-14-10-13(16(14)6-4-3-5-7-16)18-15(19)12-11-17-8-9-21-12;/h12-14,17H,2-11H2,1H3,(H,18,19);1H. The lowest BCUT2D eigenvalue weighted by molar-refractivity contribution is -0.162. The Morgan fingerprint density at radius 3 is 2.77 bits per heavy atom. The monoisotopic (exact) mass is 332 g/mol. The molecule has 2 N–H and O–H groups in total. The van der Waals surface area contributed by atoms with Crippen LogP contribution < -0.4 is 10.6 Å². The fourth-order valence-electron chi connectivity index (χ4n) is 4.26. The number of amides is 1. The lowest BCUT2D eigenvalue weighted by Gasteiger charge is -2.57. The van der Waals surface area contributed by atoms with Crippen molar-refractivity contribution in [3.63, 3.8) is 0 Å². The second kappa shape index (κ2) is 7.95. The third kappa shape index (κ3) is 3.42. The molecular weight excluding hydrogens is 304 g/mol. The molecule has 1 heterocycles. The van der Waals surface area contributed by atoms with Gasteiger partial charge in [-0.1, -0.05) is 19.3 Å². The molecule has 128 valence electrons. The van der Waals surface area contributed by atoms with E-state index >= 15 is 0 Å². The van der Waals surface area contributed by atoms with E-state index in [0.717, 1.165) is 19.6 Å². The molecule has 1 spiro atoms. The Morgan fingerprint density at radius 1 is 1.36 bits per heavy atom. The van der Waals surface area contributed by atoms with Crippen molar-refractivity contribution in [2.24, 2.45) is 5.41 Å². The molecule has 2 aliphatic carbocycles. The number of carbonyl (C=O) groups excluding carboxylic acids is 1. The molecule has 0 aromatic heterocycles. The van der Waals surface area contributed by atoms with E-state index in [1.165, 1.54) is 32.1 Å². The summed E-state index contributed by atoms with van der Waals surface area (Å²) in [5.41, 5.74) is 0.187. The smallest absolute Gasteiger partial charge is 0.250 e. The Hall–Kier alpha value is -0.360. The predicted molar refractivity (Wildman–Crippen MR) is 87.3 cm³/mol. The van der Waals surface area contributed by atoms with E-state index < -0.39 is 0 Å². The molecule has 3 unspecified atom stereocenters. The molecule has 6 heteroatoms. The maximum absolute atomic E-state index is 12.4. The fraction of sp³-hybridized carbons (Fsp3) is 0.938. The molecule has 3 fully saturated rings. The summed E-state index contributed by atoms with van der Waals surface area (Å²) in [5, 5.41) is 6.47. The lowest BCUT2D eigenvalue weighted by atomic mass is 9.55. The zero-order valence-electron chi connectivity index (χ0n) is 13.4. The summed E-state index contributed by atoms with van der Waals surface area (Å²) >= 11 is 0. The van der Waals surface area contributed by atoms with Crippen LogP contribution in [0, 0.1) is 5.41 Å². The Morgan fingerprint density at radius 2 is 2.14 bits per heavy atom. The van der Waals surface area contributed by atoms with Crippen molar-refractivity contribution in [3.8, 4) is 0 Å². The molecule has 1 aliphatic heterocycles. The number of morpholine rings is 1. The quantitative estimate of drug-likeness (QED) is 0.821. The van der Waals surface area contributed by atoms with Crippen molar-refractivity contribution in [1.29, 1.82) is 0 Å². The Bertz CT molecular complexity index is 368. The maximum atomic E-state index is 12.4. The summed E-state index contributed by atoms with van der Waals surface area (Å²) in [5.74, 6) is 0.0482. The molecule has 2 saturated carbocycles. The van der Waals surface area contributed by atoms with E-state index in [1.54, 1.807) is 0 Å². The molecule has 0 bridgehead atoms. The van der Waals surface area contributed by atoms with Crippen LogP contribution >= 0.6 is 12.4 Å². The molecular formula is C16H29ClN2O3. The number of halogens is 1. The van der Waals surface area contributed by atoms with Gasteiger partial charge in [0.1, 0.15) is 6.10 Å². The van der Waals surface area contributed by atoms with Crippen LogP contribution in [0.1, 0.15) is 45.4 Å². The molecule has 3 rings (SSSR count). The molecule has 3 aliphatic rings. The number of nitrogens with one attached hydrogen (secondary N) is 2. The minimum atomic E-state index is -0.328. The summed E-state index contributed by atoms with van der Waals surface area (Å²) in [6, 6.07) is 0.271. The van der Waals surface area contributed by atoms with Gasteiger partial charge in [0.25, 0.3) is 5.91 Å². The molecule has 5 nitrogen and oxygen atoms in total. The normalized spacial score (nSPS) is 33.6. The van der Waals surface area contributed by atoms with Gasteiger partial charge >= 0.3 is 0 Å². The van der Waals surface area contributed by atoms with E-state index in [4.69, 9.17) is 9.47 Å². The van der Waals surface area contributed by atoms with Crippen molar-refractivity contribution < 1.29 is 14.3 Å². The minimum absolute atomic E-state index is 0. The first-order valence-electron chi connectivity index (χ1n) is 8.50. The zero-order valence-corrected chi connectivity index (χ0v) is 14.3. The van der Waals surface area contributed by atoms with Crippen LogP contribution in [0.2, 0.25) is 0 Å². The van der Waals surface area contributed by atoms with Gasteiger partial charge < -0.3 is 20.1 Å². The number of rotatable bonds is 4. The molecule has 22 heavy (non-hydrogen) atoms. The van der Waals surface area contributed by atoms with Crippen molar-refractivity contribution in [1.82, 2.24) is 10.6 Å². The van der Waals surface area contributed by atoms with Gasteiger partial charge in [-0.2, -0.15) is 0 Å². The van der Waals surface area contributed by atoms with Gasteiger partial charge in [-0.15, -0.1) is 12.4 Å². The SMILES string of the molecule is CCOC1CC(NC(=O)C2CNCCO2)C12CCCCC2.Cl.